The van der Waals surface area contributed by atoms with Gasteiger partial charge in [0.05, 0.1) is 0 Å². The van der Waals surface area contributed by atoms with Gasteiger partial charge in [-0.25, -0.2) is 4.39 Å². The summed E-state index contributed by atoms with van der Waals surface area (Å²) in [5, 5.41) is 3.55. The van der Waals surface area contributed by atoms with Crippen molar-refractivity contribution in [3.63, 3.8) is 0 Å². The molecule has 0 radical (unpaired) electrons. The van der Waals surface area contributed by atoms with Crippen molar-refractivity contribution >= 4 is 15.9 Å². The van der Waals surface area contributed by atoms with Gasteiger partial charge < -0.3 is 5.32 Å². The van der Waals surface area contributed by atoms with E-state index < -0.39 is 0 Å². The Morgan fingerprint density at radius 1 is 1.33 bits per heavy atom. The van der Waals surface area contributed by atoms with Crippen LogP contribution < -0.4 is 5.32 Å². The minimum Gasteiger partial charge on any atom is -0.314 e. The first kappa shape index (κ1) is 14.0. The quantitative estimate of drug-likeness (QED) is 0.831. The minimum atomic E-state index is -0.0904. The van der Waals surface area contributed by atoms with Gasteiger partial charge in [-0.3, -0.25) is 0 Å². The SMILES string of the molecule is CC(CNC1CC1)C(C)Cc1cc(Br)ccc1F. The topological polar surface area (TPSA) is 12.0 Å². The largest absolute Gasteiger partial charge is 0.314 e. The lowest BCUT2D eigenvalue weighted by molar-refractivity contribution is 0.360. The fraction of sp³-hybridized carbons (Fsp3) is 0.600. The zero-order valence-electron chi connectivity index (χ0n) is 11.0. The summed E-state index contributed by atoms with van der Waals surface area (Å²) in [5.41, 5.74) is 0.815. The van der Waals surface area contributed by atoms with Crippen molar-refractivity contribution in [1.29, 1.82) is 0 Å². The first-order valence-corrected chi connectivity index (χ1v) is 7.53. The molecule has 0 aromatic heterocycles. The molecule has 1 aromatic rings. The van der Waals surface area contributed by atoms with E-state index in [0.29, 0.717) is 11.8 Å². The summed E-state index contributed by atoms with van der Waals surface area (Å²) in [6.07, 6.45) is 3.45. The molecule has 0 amide bonds. The van der Waals surface area contributed by atoms with Gasteiger partial charge in [0.15, 0.2) is 0 Å². The molecule has 1 saturated carbocycles. The van der Waals surface area contributed by atoms with Crippen LogP contribution in [0, 0.1) is 17.7 Å². The molecule has 1 aliphatic rings. The Morgan fingerprint density at radius 2 is 2.06 bits per heavy atom. The van der Waals surface area contributed by atoms with Gasteiger partial charge in [-0.1, -0.05) is 29.8 Å². The zero-order valence-corrected chi connectivity index (χ0v) is 12.6. The van der Waals surface area contributed by atoms with Crippen LogP contribution in [0.2, 0.25) is 0 Å². The van der Waals surface area contributed by atoms with Crippen molar-refractivity contribution in [1.82, 2.24) is 5.32 Å². The van der Waals surface area contributed by atoms with Crippen LogP contribution in [-0.4, -0.2) is 12.6 Å². The summed E-state index contributed by atoms with van der Waals surface area (Å²) in [7, 11) is 0. The second kappa shape index (κ2) is 6.16. The summed E-state index contributed by atoms with van der Waals surface area (Å²) in [5.74, 6) is 0.969. The predicted molar refractivity (Wildman–Crippen MR) is 77.2 cm³/mol. The van der Waals surface area contributed by atoms with E-state index in [9.17, 15) is 4.39 Å². The summed E-state index contributed by atoms with van der Waals surface area (Å²) in [6, 6.07) is 5.94. The molecule has 1 fully saturated rings. The van der Waals surface area contributed by atoms with E-state index in [2.05, 4.69) is 35.1 Å². The van der Waals surface area contributed by atoms with Gasteiger partial charge in [0, 0.05) is 10.5 Å². The number of nitrogens with one attached hydrogen (secondary N) is 1. The predicted octanol–water partition coefficient (Wildman–Crippen LogP) is 4.15. The molecule has 0 heterocycles. The molecule has 1 aromatic carbocycles. The molecule has 2 rings (SSSR count). The zero-order chi connectivity index (χ0) is 13.1. The van der Waals surface area contributed by atoms with Gasteiger partial charge in [-0.2, -0.15) is 0 Å². The Labute approximate surface area is 117 Å². The van der Waals surface area contributed by atoms with E-state index in [1.54, 1.807) is 12.1 Å². The number of benzene rings is 1. The molecule has 1 N–H and O–H groups in total. The lowest BCUT2D eigenvalue weighted by atomic mass is 9.89. The van der Waals surface area contributed by atoms with Crippen LogP contribution in [0.15, 0.2) is 22.7 Å². The van der Waals surface area contributed by atoms with Crippen molar-refractivity contribution < 1.29 is 4.39 Å². The van der Waals surface area contributed by atoms with E-state index in [0.717, 1.165) is 29.0 Å². The van der Waals surface area contributed by atoms with Crippen LogP contribution in [0.1, 0.15) is 32.3 Å². The summed E-state index contributed by atoms with van der Waals surface area (Å²) < 4.78 is 14.6. The molecule has 2 unspecified atom stereocenters. The Balaban J connectivity index is 1.88. The number of rotatable bonds is 6. The van der Waals surface area contributed by atoms with Crippen LogP contribution >= 0.6 is 15.9 Å². The van der Waals surface area contributed by atoms with Gasteiger partial charge in [-0.15, -0.1) is 0 Å². The second-order valence-corrected chi connectivity index (χ2v) is 6.49. The molecule has 2 atom stereocenters. The second-order valence-electron chi connectivity index (χ2n) is 5.58. The Morgan fingerprint density at radius 3 is 2.72 bits per heavy atom. The van der Waals surface area contributed by atoms with Crippen LogP contribution in [-0.2, 0) is 6.42 Å². The molecule has 100 valence electrons. The van der Waals surface area contributed by atoms with Gasteiger partial charge in [0.25, 0.3) is 0 Å². The van der Waals surface area contributed by atoms with Crippen molar-refractivity contribution in [2.45, 2.75) is 39.2 Å². The Hall–Kier alpha value is -0.410. The van der Waals surface area contributed by atoms with E-state index in [-0.39, 0.29) is 5.82 Å². The highest BCUT2D eigenvalue weighted by atomic mass is 79.9. The molecular weight excluding hydrogens is 293 g/mol. The normalized spacial score (nSPS) is 18.7. The van der Waals surface area contributed by atoms with E-state index in [4.69, 9.17) is 0 Å². The van der Waals surface area contributed by atoms with Crippen LogP contribution in [0.5, 0.6) is 0 Å². The van der Waals surface area contributed by atoms with Gasteiger partial charge in [0.2, 0.25) is 0 Å². The highest BCUT2D eigenvalue weighted by molar-refractivity contribution is 9.10. The molecule has 0 aliphatic heterocycles. The monoisotopic (exact) mass is 313 g/mol. The molecular formula is C15H21BrFN. The first-order valence-electron chi connectivity index (χ1n) is 6.73. The van der Waals surface area contributed by atoms with E-state index in [1.165, 1.54) is 12.8 Å². The average Bonchev–Trinajstić information content (AvgIpc) is 3.14. The molecule has 18 heavy (non-hydrogen) atoms. The fourth-order valence-corrected chi connectivity index (χ4v) is 2.50. The Bertz CT molecular complexity index is 403. The van der Waals surface area contributed by atoms with Gasteiger partial charge >= 0.3 is 0 Å². The van der Waals surface area contributed by atoms with Crippen molar-refractivity contribution in [3.8, 4) is 0 Å². The molecule has 1 aliphatic carbocycles. The van der Waals surface area contributed by atoms with E-state index >= 15 is 0 Å². The van der Waals surface area contributed by atoms with Crippen molar-refractivity contribution in [3.05, 3.63) is 34.1 Å². The maximum atomic E-state index is 13.7. The van der Waals surface area contributed by atoms with Crippen LogP contribution in [0.25, 0.3) is 0 Å². The smallest absolute Gasteiger partial charge is 0.126 e. The maximum Gasteiger partial charge on any atom is 0.126 e. The summed E-state index contributed by atoms with van der Waals surface area (Å²) in [4.78, 5) is 0. The molecule has 0 saturated heterocycles. The lowest BCUT2D eigenvalue weighted by Crippen LogP contribution is -2.27. The van der Waals surface area contributed by atoms with Gasteiger partial charge in [-0.05, 0) is 61.4 Å². The third kappa shape index (κ3) is 4.06. The Kier molecular flexibility index (Phi) is 4.79. The summed E-state index contributed by atoms with van der Waals surface area (Å²) >= 11 is 3.40. The minimum absolute atomic E-state index is 0.0904. The molecule has 1 nitrogen and oxygen atoms in total. The molecule has 3 heteroatoms. The summed E-state index contributed by atoms with van der Waals surface area (Å²) in [6.45, 7) is 5.50. The van der Waals surface area contributed by atoms with E-state index in [1.807, 2.05) is 6.07 Å². The molecule has 0 spiro atoms. The number of hydrogen-bond donors (Lipinski definition) is 1. The van der Waals surface area contributed by atoms with Crippen LogP contribution in [0.3, 0.4) is 0 Å². The maximum absolute atomic E-state index is 13.7. The number of hydrogen-bond acceptors (Lipinski definition) is 1. The highest BCUT2D eigenvalue weighted by Crippen LogP contribution is 2.23. The number of halogens is 2. The standard InChI is InChI=1S/C15H21BrFN/c1-10(11(2)9-18-14-4-5-14)7-12-8-13(16)3-6-15(12)17/h3,6,8,10-11,14,18H,4-5,7,9H2,1-2H3. The average molecular weight is 314 g/mol. The van der Waals surface area contributed by atoms with Gasteiger partial charge in [0.1, 0.15) is 5.82 Å². The third-order valence-corrected chi connectivity index (χ3v) is 4.32. The molecule has 0 bridgehead atoms. The fourth-order valence-electron chi connectivity index (χ4n) is 2.09. The first-order chi connectivity index (χ1) is 8.56. The van der Waals surface area contributed by atoms with Crippen LogP contribution in [0.4, 0.5) is 4.39 Å². The van der Waals surface area contributed by atoms with Crippen molar-refractivity contribution in [2.75, 3.05) is 6.54 Å². The highest BCUT2D eigenvalue weighted by Gasteiger charge is 2.22. The van der Waals surface area contributed by atoms with Crippen molar-refractivity contribution in [2.24, 2.45) is 11.8 Å². The third-order valence-electron chi connectivity index (χ3n) is 3.83. The lowest BCUT2D eigenvalue weighted by Gasteiger charge is -2.21.